The number of carboxylic acid groups (broad SMARTS) is 1. The molecular formula is C28H28N2O5. The maximum Gasteiger partial charge on any atom is 0.407 e. The van der Waals surface area contributed by atoms with Gasteiger partial charge < -0.3 is 20.5 Å². The van der Waals surface area contributed by atoms with Crippen molar-refractivity contribution >= 4 is 18.0 Å². The molecule has 3 aromatic rings. The first-order valence-electron chi connectivity index (χ1n) is 11.7. The van der Waals surface area contributed by atoms with Gasteiger partial charge in [-0.05, 0) is 34.2 Å². The number of amides is 2. The molecule has 0 aliphatic heterocycles. The Kier molecular flexibility index (Phi) is 7.45. The van der Waals surface area contributed by atoms with E-state index in [2.05, 4.69) is 22.8 Å². The molecule has 3 N–H and O–H groups in total. The van der Waals surface area contributed by atoms with Gasteiger partial charge in [-0.3, -0.25) is 4.79 Å². The molecule has 0 radical (unpaired) electrons. The molecule has 1 aliphatic rings. The quantitative estimate of drug-likeness (QED) is 0.435. The lowest BCUT2D eigenvalue weighted by Gasteiger charge is -2.21. The topological polar surface area (TPSA) is 105 Å². The van der Waals surface area contributed by atoms with Gasteiger partial charge in [-0.25, -0.2) is 9.59 Å². The van der Waals surface area contributed by atoms with E-state index in [9.17, 15) is 19.5 Å². The average Bonchev–Trinajstić information content (AvgIpc) is 3.19. The summed E-state index contributed by atoms with van der Waals surface area (Å²) in [6.45, 7) is 1.79. The standard InChI is InChI=1S/C28H28N2O5/c1-2-24(27(32)33)29-26(31)25(16-18-10-4-3-5-11-18)30-28(34)35-17-23-21-14-8-6-12-19(21)20-13-7-9-15-22(20)23/h3-15,23-25H,2,16-17H2,1H3,(H,29,31)(H,30,34)(H,32,33)/t24-,25-/m1/s1. The second-order valence-corrected chi connectivity index (χ2v) is 8.52. The Morgan fingerprint density at radius 3 is 1.97 bits per heavy atom. The van der Waals surface area contributed by atoms with Gasteiger partial charge >= 0.3 is 12.1 Å². The van der Waals surface area contributed by atoms with Crippen LogP contribution in [0.3, 0.4) is 0 Å². The number of aliphatic carboxylic acids is 1. The second kappa shape index (κ2) is 10.9. The minimum atomic E-state index is -1.12. The number of benzene rings is 3. The zero-order valence-corrected chi connectivity index (χ0v) is 19.4. The summed E-state index contributed by atoms with van der Waals surface area (Å²) < 4.78 is 5.59. The van der Waals surface area contributed by atoms with Crippen LogP contribution >= 0.6 is 0 Å². The van der Waals surface area contributed by atoms with E-state index in [0.717, 1.165) is 27.8 Å². The Hall–Kier alpha value is -4.13. The van der Waals surface area contributed by atoms with Crippen LogP contribution in [0, 0.1) is 0 Å². The summed E-state index contributed by atoms with van der Waals surface area (Å²) in [6, 6.07) is 23.3. The molecule has 0 aromatic heterocycles. The van der Waals surface area contributed by atoms with Crippen LogP contribution in [0.2, 0.25) is 0 Å². The van der Waals surface area contributed by atoms with Gasteiger partial charge in [0.15, 0.2) is 0 Å². The highest BCUT2D eigenvalue weighted by molar-refractivity contribution is 5.89. The minimum absolute atomic E-state index is 0.106. The van der Waals surface area contributed by atoms with Crippen molar-refractivity contribution in [1.82, 2.24) is 10.6 Å². The van der Waals surface area contributed by atoms with Crippen molar-refractivity contribution in [2.24, 2.45) is 0 Å². The van der Waals surface area contributed by atoms with Crippen LogP contribution in [-0.4, -0.2) is 41.8 Å². The summed E-state index contributed by atoms with van der Waals surface area (Å²) in [5.74, 6) is -1.80. The zero-order chi connectivity index (χ0) is 24.8. The first-order chi connectivity index (χ1) is 17.0. The molecule has 2 amide bonds. The smallest absolute Gasteiger partial charge is 0.407 e. The minimum Gasteiger partial charge on any atom is -0.480 e. The van der Waals surface area contributed by atoms with E-state index in [-0.39, 0.29) is 25.4 Å². The molecule has 0 saturated carbocycles. The molecule has 0 unspecified atom stereocenters. The van der Waals surface area contributed by atoms with E-state index in [0.29, 0.717) is 0 Å². The van der Waals surface area contributed by atoms with Gasteiger partial charge in [0.1, 0.15) is 18.7 Å². The third-order valence-electron chi connectivity index (χ3n) is 6.26. The second-order valence-electron chi connectivity index (χ2n) is 8.52. The van der Waals surface area contributed by atoms with E-state index in [4.69, 9.17) is 4.74 Å². The summed E-state index contributed by atoms with van der Waals surface area (Å²) in [7, 11) is 0. The molecule has 0 heterocycles. The molecule has 4 rings (SSSR count). The molecule has 7 nitrogen and oxygen atoms in total. The van der Waals surface area contributed by atoms with Gasteiger partial charge in [-0.2, -0.15) is 0 Å². The summed E-state index contributed by atoms with van der Waals surface area (Å²) in [4.78, 5) is 37.1. The van der Waals surface area contributed by atoms with Crippen molar-refractivity contribution in [2.75, 3.05) is 6.61 Å². The SMILES string of the molecule is CC[C@@H](NC(=O)[C@@H](Cc1ccccc1)NC(=O)OCC1c2ccccc2-c2ccccc21)C(=O)O. The fourth-order valence-electron chi connectivity index (χ4n) is 4.45. The van der Waals surface area contributed by atoms with Crippen LogP contribution in [0.5, 0.6) is 0 Å². The van der Waals surface area contributed by atoms with E-state index in [1.807, 2.05) is 66.7 Å². The van der Waals surface area contributed by atoms with Crippen LogP contribution < -0.4 is 10.6 Å². The fourth-order valence-corrected chi connectivity index (χ4v) is 4.45. The lowest BCUT2D eigenvalue weighted by atomic mass is 9.98. The number of alkyl carbamates (subject to hydrolysis) is 1. The maximum absolute atomic E-state index is 12.9. The number of carboxylic acids is 1. The molecular weight excluding hydrogens is 444 g/mol. The van der Waals surface area contributed by atoms with Crippen molar-refractivity contribution in [3.8, 4) is 11.1 Å². The molecule has 0 fully saturated rings. The maximum atomic E-state index is 12.9. The van der Waals surface area contributed by atoms with Crippen molar-refractivity contribution in [1.29, 1.82) is 0 Å². The van der Waals surface area contributed by atoms with Crippen LogP contribution in [-0.2, 0) is 20.7 Å². The van der Waals surface area contributed by atoms with Crippen LogP contribution in [0.25, 0.3) is 11.1 Å². The summed E-state index contributed by atoms with van der Waals surface area (Å²) >= 11 is 0. The van der Waals surface area contributed by atoms with Gasteiger partial charge in [0.25, 0.3) is 0 Å². The Morgan fingerprint density at radius 2 is 1.40 bits per heavy atom. The molecule has 2 atom stereocenters. The number of rotatable bonds is 9. The Morgan fingerprint density at radius 1 is 0.829 bits per heavy atom. The van der Waals surface area contributed by atoms with Gasteiger partial charge in [-0.15, -0.1) is 0 Å². The largest absolute Gasteiger partial charge is 0.480 e. The predicted octanol–water partition coefficient (Wildman–Crippen LogP) is 4.12. The Labute approximate surface area is 204 Å². The lowest BCUT2D eigenvalue weighted by Crippen LogP contribution is -2.52. The van der Waals surface area contributed by atoms with E-state index >= 15 is 0 Å². The molecule has 0 bridgehead atoms. The number of nitrogens with one attached hydrogen (secondary N) is 2. The van der Waals surface area contributed by atoms with E-state index < -0.39 is 30.1 Å². The van der Waals surface area contributed by atoms with Crippen LogP contribution in [0.4, 0.5) is 4.79 Å². The number of carbonyl (C=O) groups is 3. The van der Waals surface area contributed by atoms with Gasteiger partial charge in [0.2, 0.25) is 5.91 Å². The highest BCUT2D eigenvalue weighted by Gasteiger charge is 2.30. The third kappa shape index (κ3) is 5.51. The lowest BCUT2D eigenvalue weighted by molar-refractivity contribution is -0.142. The molecule has 7 heteroatoms. The fraction of sp³-hybridized carbons (Fsp3) is 0.250. The Bertz CT molecular complexity index is 1170. The summed E-state index contributed by atoms with van der Waals surface area (Å²) in [5.41, 5.74) is 5.25. The monoisotopic (exact) mass is 472 g/mol. The van der Waals surface area contributed by atoms with Crippen molar-refractivity contribution in [2.45, 2.75) is 37.8 Å². The molecule has 0 saturated heterocycles. The first kappa shape index (κ1) is 24.0. The summed E-state index contributed by atoms with van der Waals surface area (Å²) in [5, 5.41) is 14.5. The number of carbonyl (C=O) groups excluding carboxylic acids is 2. The zero-order valence-electron chi connectivity index (χ0n) is 19.4. The first-order valence-corrected chi connectivity index (χ1v) is 11.7. The third-order valence-corrected chi connectivity index (χ3v) is 6.26. The molecule has 0 spiro atoms. The van der Waals surface area contributed by atoms with E-state index in [1.165, 1.54) is 0 Å². The highest BCUT2D eigenvalue weighted by Crippen LogP contribution is 2.44. The van der Waals surface area contributed by atoms with Crippen molar-refractivity contribution < 1.29 is 24.2 Å². The molecule has 1 aliphatic carbocycles. The van der Waals surface area contributed by atoms with Crippen LogP contribution in [0.15, 0.2) is 78.9 Å². The van der Waals surface area contributed by atoms with E-state index in [1.54, 1.807) is 6.92 Å². The number of fused-ring (bicyclic) bond motifs is 3. The summed E-state index contributed by atoms with van der Waals surface area (Å²) in [6.07, 6.45) is -0.303. The van der Waals surface area contributed by atoms with Crippen molar-refractivity contribution in [3.63, 3.8) is 0 Å². The predicted molar refractivity (Wildman–Crippen MR) is 132 cm³/mol. The number of hydrogen-bond acceptors (Lipinski definition) is 4. The normalized spacial score (nSPS) is 13.7. The Balaban J connectivity index is 1.46. The van der Waals surface area contributed by atoms with Crippen LogP contribution in [0.1, 0.15) is 36.0 Å². The number of hydrogen-bond donors (Lipinski definition) is 3. The van der Waals surface area contributed by atoms with Gasteiger partial charge in [-0.1, -0.05) is 85.8 Å². The average molecular weight is 473 g/mol. The molecule has 3 aromatic carbocycles. The highest BCUT2D eigenvalue weighted by atomic mass is 16.5. The van der Waals surface area contributed by atoms with Gasteiger partial charge in [0, 0.05) is 12.3 Å². The van der Waals surface area contributed by atoms with Gasteiger partial charge in [0.05, 0.1) is 0 Å². The molecule has 35 heavy (non-hydrogen) atoms. The molecule has 180 valence electrons. The number of ether oxygens (including phenoxy) is 1. The van der Waals surface area contributed by atoms with Crippen molar-refractivity contribution in [3.05, 3.63) is 95.6 Å².